The Hall–Kier alpha value is -4.72. The first kappa shape index (κ1) is 26.9. The Morgan fingerprint density at radius 3 is 2.45 bits per heavy atom. The first-order chi connectivity index (χ1) is 19.5. The molecule has 3 aromatic carbocycles. The average Bonchev–Trinajstić information content (AvgIpc) is 3.53. The maximum atomic E-state index is 14.0. The Morgan fingerprint density at radius 1 is 0.950 bits per heavy atom. The van der Waals surface area contributed by atoms with Crippen molar-refractivity contribution in [2.75, 3.05) is 20.8 Å². The van der Waals surface area contributed by atoms with Gasteiger partial charge >= 0.3 is 0 Å². The van der Waals surface area contributed by atoms with E-state index in [4.69, 9.17) is 18.6 Å². The summed E-state index contributed by atoms with van der Waals surface area (Å²) in [6.07, 6.45) is 1.88. The highest BCUT2D eigenvalue weighted by atomic mass is 16.5. The van der Waals surface area contributed by atoms with Crippen LogP contribution in [0.4, 0.5) is 0 Å². The van der Waals surface area contributed by atoms with E-state index >= 15 is 0 Å². The molecule has 0 fully saturated rings. The number of ketones is 1. The van der Waals surface area contributed by atoms with Gasteiger partial charge in [-0.1, -0.05) is 61.9 Å². The van der Waals surface area contributed by atoms with E-state index in [-0.39, 0.29) is 17.9 Å². The molecule has 0 saturated heterocycles. The van der Waals surface area contributed by atoms with Crippen molar-refractivity contribution in [3.8, 4) is 17.2 Å². The van der Waals surface area contributed by atoms with Crippen molar-refractivity contribution in [3.63, 3.8) is 0 Å². The lowest BCUT2D eigenvalue weighted by atomic mass is 9.94. The molecule has 1 aliphatic heterocycles. The van der Waals surface area contributed by atoms with Crippen molar-refractivity contribution >= 4 is 22.7 Å². The third-order valence-corrected chi connectivity index (χ3v) is 6.95. The van der Waals surface area contributed by atoms with E-state index in [0.717, 1.165) is 18.4 Å². The molecule has 1 aromatic heterocycles. The van der Waals surface area contributed by atoms with E-state index in [0.29, 0.717) is 40.4 Å². The number of carbonyl (C=O) groups is 2. The van der Waals surface area contributed by atoms with Crippen LogP contribution in [0, 0.1) is 0 Å². The molecule has 0 aliphatic carbocycles. The van der Waals surface area contributed by atoms with Gasteiger partial charge in [-0.05, 0) is 41.8 Å². The van der Waals surface area contributed by atoms with Gasteiger partial charge in [0.1, 0.15) is 0 Å². The molecule has 8 nitrogen and oxygen atoms in total. The number of methoxy groups -OCH3 is 2. The monoisotopic (exact) mass is 541 g/mol. The van der Waals surface area contributed by atoms with Crippen LogP contribution in [0.15, 0.2) is 88.5 Å². The number of fused-ring (bicyclic) bond motifs is 1. The number of hydrogen-bond acceptors (Lipinski definition) is 7. The molecule has 1 atom stereocenters. The van der Waals surface area contributed by atoms with Crippen molar-refractivity contribution in [2.24, 2.45) is 0 Å². The number of hydrogen-bond donors (Lipinski definition) is 1. The normalized spacial score (nSPS) is 15.1. The standard InChI is InChI=1S/C32H31NO7/c1-4-5-16-39-23-15-14-21(17-25(23)38-3)28-27(30(35)32(36)33(28)19-20-10-7-6-8-11-20)29(34)26-18-22-12-9-13-24(37-2)31(22)40-26/h6-15,17-18,28,35H,4-5,16,19H2,1-3H3. The number of ether oxygens (including phenoxy) is 3. The summed E-state index contributed by atoms with van der Waals surface area (Å²) >= 11 is 0. The van der Waals surface area contributed by atoms with Crippen LogP contribution in [-0.2, 0) is 11.3 Å². The minimum Gasteiger partial charge on any atom is -0.503 e. The van der Waals surface area contributed by atoms with Gasteiger partial charge in [-0.3, -0.25) is 9.59 Å². The highest BCUT2D eigenvalue weighted by Gasteiger charge is 2.45. The van der Waals surface area contributed by atoms with Crippen LogP contribution in [0.25, 0.3) is 11.0 Å². The number of unbranched alkanes of at least 4 members (excludes halogenated alkanes) is 1. The van der Waals surface area contributed by atoms with Gasteiger partial charge in [0.2, 0.25) is 5.78 Å². The molecule has 1 amide bonds. The third-order valence-electron chi connectivity index (χ3n) is 6.95. The third kappa shape index (κ3) is 5.00. The molecule has 40 heavy (non-hydrogen) atoms. The zero-order valence-corrected chi connectivity index (χ0v) is 22.7. The molecule has 8 heteroatoms. The van der Waals surface area contributed by atoms with E-state index in [1.165, 1.54) is 19.1 Å². The van der Waals surface area contributed by atoms with Crippen LogP contribution in [0.1, 0.15) is 47.5 Å². The Morgan fingerprint density at radius 2 is 1.73 bits per heavy atom. The highest BCUT2D eigenvalue weighted by molar-refractivity contribution is 6.16. The van der Waals surface area contributed by atoms with Crippen LogP contribution in [0.5, 0.6) is 17.2 Å². The van der Waals surface area contributed by atoms with Crippen LogP contribution < -0.4 is 14.2 Å². The number of Topliss-reactive ketones (excluding diaryl/α,β-unsaturated/α-hetero) is 1. The molecule has 1 N–H and O–H groups in total. The summed E-state index contributed by atoms with van der Waals surface area (Å²) in [5, 5.41) is 11.8. The molecule has 0 bridgehead atoms. The van der Waals surface area contributed by atoms with Crippen molar-refractivity contribution in [2.45, 2.75) is 32.4 Å². The van der Waals surface area contributed by atoms with Gasteiger partial charge in [0, 0.05) is 11.9 Å². The van der Waals surface area contributed by atoms with Crippen molar-refractivity contribution in [1.29, 1.82) is 0 Å². The number of furan rings is 1. The number of aliphatic hydroxyl groups is 1. The van der Waals surface area contributed by atoms with E-state index in [1.807, 2.05) is 30.3 Å². The maximum Gasteiger partial charge on any atom is 0.290 e. The summed E-state index contributed by atoms with van der Waals surface area (Å²) in [6.45, 7) is 2.79. The minimum absolute atomic E-state index is 0.00750. The predicted octanol–water partition coefficient (Wildman–Crippen LogP) is 6.41. The van der Waals surface area contributed by atoms with Gasteiger partial charge < -0.3 is 28.6 Å². The van der Waals surface area contributed by atoms with Crippen LogP contribution >= 0.6 is 0 Å². The molecule has 0 saturated carbocycles. The van der Waals surface area contributed by atoms with Gasteiger partial charge in [-0.2, -0.15) is 0 Å². The number of amides is 1. The molecule has 0 spiro atoms. The molecule has 0 radical (unpaired) electrons. The second kappa shape index (κ2) is 11.6. The summed E-state index contributed by atoms with van der Waals surface area (Å²) in [5.41, 5.74) is 1.78. The fourth-order valence-corrected chi connectivity index (χ4v) is 4.92. The smallest absolute Gasteiger partial charge is 0.290 e. The number of carbonyl (C=O) groups excluding carboxylic acids is 2. The minimum atomic E-state index is -0.895. The lowest BCUT2D eigenvalue weighted by molar-refractivity contribution is -0.130. The summed E-state index contributed by atoms with van der Waals surface area (Å²) in [7, 11) is 3.05. The quantitative estimate of drug-likeness (QED) is 0.173. The van der Waals surface area contributed by atoms with Gasteiger partial charge in [-0.15, -0.1) is 0 Å². The van der Waals surface area contributed by atoms with E-state index in [1.54, 1.807) is 42.5 Å². The second-order valence-electron chi connectivity index (χ2n) is 9.51. The number of benzene rings is 3. The summed E-state index contributed by atoms with van der Waals surface area (Å²) in [6, 6.07) is 20.7. The van der Waals surface area contributed by atoms with Crippen molar-refractivity contribution < 1.29 is 33.3 Å². The average molecular weight is 542 g/mol. The van der Waals surface area contributed by atoms with Gasteiger partial charge in [-0.25, -0.2) is 0 Å². The summed E-state index contributed by atoms with van der Waals surface area (Å²) in [4.78, 5) is 28.9. The number of para-hydroxylation sites is 1. The summed E-state index contributed by atoms with van der Waals surface area (Å²) < 4.78 is 22.8. The van der Waals surface area contributed by atoms with E-state index < -0.39 is 23.5 Å². The number of nitrogens with zero attached hydrogens (tertiary/aromatic N) is 1. The van der Waals surface area contributed by atoms with Crippen LogP contribution in [0.2, 0.25) is 0 Å². The number of aliphatic hydroxyl groups excluding tert-OH is 1. The molecular weight excluding hydrogens is 510 g/mol. The molecule has 4 aromatic rings. The molecule has 2 heterocycles. The molecule has 1 unspecified atom stereocenters. The Bertz CT molecular complexity index is 1570. The van der Waals surface area contributed by atoms with Crippen molar-refractivity contribution in [3.05, 3.63) is 101 Å². The first-order valence-corrected chi connectivity index (χ1v) is 13.2. The zero-order valence-electron chi connectivity index (χ0n) is 22.7. The molecular formula is C32H31NO7. The lowest BCUT2D eigenvalue weighted by Crippen LogP contribution is -2.30. The first-order valence-electron chi connectivity index (χ1n) is 13.2. The fraction of sp³-hybridized carbons (Fsp3) is 0.250. The van der Waals surface area contributed by atoms with Crippen LogP contribution in [-0.4, -0.2) is 42.5 Å². The van der Waals surface area contributed by atoms with Crippen molar-refractivity contribution in [1.82, 2.24) is 4.90 Å². The van der Waals surface area contributed by atoms with Gasteiger partial charge in [0.05, 0.1) is 32.4 Å². The Labute approximate surface area is 232 Å². The topological polar surface area (TPSA) is 98.4 Å². The zero-order chi connectivity index (χ0) is 28.2. The summed E-state index contributed by atoms with van der Waals surface area (Å²) in [5.74, 6) is -0.355. The van der Waals surface area contributed by atoms with E-state index in [9.17, 15) is 14.7 Å². The fourth-order valence-electron chi connectivity index (χ4n) is 4.92. The predicted molar refractivity (Wildman–Crippen MR) is 150 cm³/mol. The highest BCUT2D eigenvalue weighted by Crippen LogP contribution is 2.43. The van der Waals surface area contributed by atoms with Gasteiger partial charge in [0.25, 0.3) is 5.91 Å². The Kier molecular flexibility index (Phi) is 7.77. The van der Waals surface area contributed by atoms with E-state index in [2.05, 4.69) is 6.92 Å². The Balaban J connectivity index is 1.59. The van der Waals surface area contributed by atoms with Gasteiger partial charge in [0.15, 0.2) is 34.4 Å². The molecule has 5 rings (SSSR count). The SMILES string of the molecule is CCCCOc1ccc(C2C(C(=O)c3cc4cccc(OC)c4o3)=C(O)C(=O)N2Cc2ccccc2)cc1OC. The van der Waals surface area contributed by atoms with Crippen LogP contribution in [0.3, 0.4) is 0 Å². The maximum absolute atomic E-state index is 14.0. The lowest BCUT2D eigenvalue weighted by Gasteiger charge is -2.27. The largest absolute Gasteiger partial charge is 0.503 e. The molecule has 206 valence electrons. The molecule has 1 aliphatic rings. The second-order valence-corrected chi connectivity index (χ2v) is 9.51. The number of rotatable bonds is 11.